The molecule has 3 aromatic heterocycles. The van der Waals surface area contributed by atoms with Gasteiger partial charge in [-0.3, -0.25) is 9.80 Å². The van der Waals surface area contributed by atoms with Crippen molar-refractivity contribution in [3.05, 3.63) is 72.4 Å². The van der Waals surface area contributed by atoms with Crippen molar-refractivity contribution in [2.45, 2.75) is 90.5 Å². The van der Waals surface area contributed by atoms with Gasteiger partial charge in [0.2, 0.25) is 0 Å². The number of benzene rings is 3. The largest absolute Gasteiger partial charge is 0.444 e. The first-order chi connectivity index (χ1) is 24.8. The molecule has 0 unspecified atom stereocenters. The van der Waals surface area contributed by atoms with Gasteiger partial charge in [0.15, 0.2) is 5.82 Å². The number of likely N-dealkylation sites (tertiary alicyclic amines) is 2. The molecule has 0 radical (unpaired) electrons. The van der Waals surface area contributed by atoms with Gasteiger partial charge >= 0.3 is 12.2 Å². The molecular weight excluding hydrogens is 656 g/mol. The Kier molecular flexibility index (Phi) is 8.15. The van der Waals surface area contributed by atoms with Gasteiger partial charge in [0.25, 0.3) is 0 Å². The van der Waals surface area contributed by atoms with Crippen molar-refractivity contribution < 1.29 is 19.1 Å². The van der Waals surface area contributed by atoms with Crippen molar-refractivity contribution in [2.75, 3.05) is 13.1 Å². The Morgan fingerprint density at radius 1 is 0.654 bits per heavy atom. The van der Waals surface area contributed by atoms with Crippen molar-refractivity contribution in [3.8, 4) is 22.5 Å². The molecule has 12 heteroatoms. The Labute approximate surface area is 302 Å². The van der Waals surface area contributed by atoms with Crippen LogP contribution in [0.25, 0.3) is 55.5 Å². The third kappa shape index (κ3) is 6.65. The molecule has 2 saturated heterocycles. The number of hydrogen-bond acceptors (Lipinski definition) is 8. The van der Waals surface area contributed by atoms with E-state index < -0.39 is 11.2 Å². The zero-order valence-corrected chi connectivity index (χ0v) is 30.5. The number of H-pyrrole nitrogens is 2. The predicted octanol–water partition coefficient (Wildman–Crippen LogP) is 8.86. The maximum Gasteiger partial charge on any atom is 0.410 e. The number of aromatic nitrogens is 6. The second-order valence-corrected chi connectivity index (χ2v) is 15.8. The Hall–Kier alpha value is -5.52. The van der Waals surface area contributed by atoms with Crippen molar-refractivity contribution >= 4 is 45.2 Å². The van der Waals surface area contributed by atoms with E-state index in [0.29, 0.717) is 18.9 Å². The lowest BCUT2D eigenvalue weighted by molar-refractivity contribution is 0.0208. The molecule has 2 aliphatic rings. The van der Waals surface area contributed by atoms with Gasteiger partial charge in [0.05, 0.1) is 39.7 Å². The quantitative estimate of drug-likeness (QED) is 0.186. The maximum atomic E-state index is 12.9. The lowest BCUT2D eigenvalue weighted by atomic mass is 10.0. The second kappa shape index (κ2) is 12.6. The fraction of sp³-hybridized carbons (Fsp3) is 0.400. The van der Waals surface area contributed by atoms with E-state index in [1.807, 2.05) is 78.1 Å². The van der Waals surface area contributed by atoms with Crippen LogP contribution in [0.3, 0.4) is 0 Å². The van der Waals surface area contributed by atoms with Gasteiger partial charge in [-0.2, -0.15) is 0 Å². The summed E-state index contributed by atoms with van der Waals surface area (Å²) >= 11 is 0. The summed E-state index contributed by atoms with van der Waals surface area (Å²) in [7, 11) is 0. The number of nitrogens with zero attached hydrogens (tertiary/aromatic N) is 6. The first-order valence-corrected chi connectivity index (χ1v) is 18.0. The summed E-state index contributed by atoms with van der Waals surface area (Å²) in [4.78, 5) is 55.7. The third-order valence-corrected chi connectivity index (χ3v) is 9.57. The molecule has 268 valence electrons. The molecule has 8 rings (SSSR count). The average Bonchev–Trinajstić information content (AvgIpc) is 3.90. The predicted molar refractivity (Wildman–Crippen MR) is 200 cm³/mol. The normalized spacial score (nSPS) is 18.2. The van der Waals surface area contributed by atoms with Crippen LogP contribution in [0.4, 0.5) is 9.59 Å². The molecule has 2 amide bonds. The SMILES string of the molecule is CC(C)(C)OC(=O)N1CCC[C@H]1c1nc2cc(-c3ccc4nc(-c5ccc6[nH]c([C@@H]7CCCN7C(=O)OC(C)(C)C)nc6c5)ncc4c3)ccc2[nH]1. The van der Waals surface area contributed by atoms with Gasteiger partial charge in [-0.05, 0) is 121 Å². The highest BCUT2D eigenvalue weighted by Gasteiger charge is 2.36. The minimum Gasteiger partial charge on any atom is -0.444 e. The van der Waals surface area contributed by atoms with Gasteiger partial charge in [-0.1, -0.05) is 12.1 Å². The van der Waals surface area contributed by atoms with Crippen molar-refractivity contribution in [1.29, 1.82) is 0 Å². The molecule has 0 spiro atoms. The summed E-state index contributed by atoms with van der Waals surface area (Å²) in [6, 6.07) is 18.0. The number of amides is 2. The molecule has 3 aromatic carbocycles. The highest BCUT2D eigenvalue weighted by Crippen LogP contribution is 2.36. The first kappa shape index (κ1) is 33.6. The molecule has 5 heterocycles. The number of hydrogen-bond donors (Lipinski definition) is 2. The molecule has 2 fully saturated rings. The van der Waals surface area contributed by atoms with E-state index in [1.54, 1.807) is 9.80 Å². The molecule has 52 heavy (non-hydrogen) atoms. The fourth-order valence-electron chi connectivity index (χ4n) is 7.22. The number of ether oxygens (including phenoxy) is 2. The lowest BCUT2D eigenvalue weighted by Gasteiger charge is -2.27. The van der Waals surface area contributed by atoms with Crippen LogP contribution < -0.4 is 0 Å². The lowest BCUT2D eigenvalue weighted by Crippen LogP contribution is -2.36. The van der Waals surface area contributed by atoms with E-state index in [0.717, 1.165) is 87.0 Å². The number of aromatic amines is 2. The Morgan fingerprint density at radius 3 is 1.71 bits per heavy atom. The van der Waals surface area contributed by atoms with Crippen LogP contribution in [0.2, 0.25) is 0 Å². The van der Waals surface area contributed by atoms with Crippen molar-refractivity contribution in [1.82, 2.24) is 39.7 Å². The zero-order valence-electron chi connectivity index (χ0n) is 30.5. The zero-order chi connectivity index (χ0) is 36.4. The van der Waals surface area contributed by atoms with Crippen molar-refractivity contribution in [2.24, 2.45) is 0 Å². The maximum absolute atomic E-state index is 12.9. The van der Waals surface area contributed by atoms with Gasteiger partial charge in [0, 0.05) is 30.2 Å². The van der Waals surface area contributed by atoms with Gasteiger partial charge in [-0.25, -0.2) is 29.5 Å². The Morgan fingerprint density at radius 2 is 1.15 bits per heavy atom. The van der Waals surface area contributed by atoms with Crippen LogP contribution in [0.1, 0.15) is 91.0 Å². The van der Waals surface area contributed by atoms with Crippen LogP contribution in [0.15, 0.2) is 60.8 Å². The number of carbonyl (C=O) groups excluding carboxylic acids is 2. The van der Waals surface area contributed by atoms with E-state index in [1.165, 1.54) is 0 Å². The summed E-state index contributed by atoms with van der Waals surface area (Å²) in [5.41, 5.74) is 6.10. The highest BCUT2D eigenvalue weighted by molar-refractivity contribution is 5.89. The smallest absolute Gasteiger partial charge is 0.410 e. The molecule has 2 N–H and O–H groups in total. The van der Waals surface area contributed by atoms with E-state index >= 15 is 0 Å². The Bertz CT molecular complexity index is 2170. The summed E-state index contributed by atoms with van der Waals surface area (Å²) < 4.78 is 11.3. The molecule has 0 saturated carbocycles. The van der Waals surface area contributed by atoms with Crippen LogP contribution in [0, 0.1) is 0 Å². The number of imidazole rings is 2. The Balaban J connectivity index is 1.01. The highest BCUT2D eigenvalue weighted by atomic mass is 16.6. The van der Waals surface area contributed by atoms with Gasteiger partial charge in [0.1, 0.15) is 22.9 Å². The molecule has 2 atom stereocenters. The number of rotatable bonds is 4. The molecule has 12 nitrogen and oxygen atoms in total. The summed E-state index contributed by atoms with van der Waals surface area (Å²) in [5, 5.41) is 0.926. The van der Waals surface area contributed by atoms with Crippen LogP contribution in [0.5, 0.6) is 0 Å². The second-order valence-electron chi connectivity index (χ2n) is 15.8. The average molecular weight is 701 g/mol. The van der Waals surface area contributed by atoms with E-state index in [4.69, 9.17) is 29.4 Å². The number of fused-ring (bicyclic) bond motifs is 3. The molecule has 0 aliphatic carbocycles. The molecule has 6 aromatic rings. The van der Waals surface area contributed by atoms with Crippen LogP contribution in [-0.4, -0.2) is 76.2 Å². The summed E-state index contributed by atoms with van der Waals surface area (Å²) in [6.07, 6.45) is 4.71. The van der Waals surface area contributed by atoms with E-state index in [2.05, 4.69) is 34.2 Å². The van der Waals surface area contributed by atoms with Crippen LogP contribution in [-0.2, 0) is 9.47 Å². The standard InChI is InChI=1S/C40H44N8O4/c1-39(2,3)51-37(49)47-17-7-9-32(47)35-43-28-15-12-24(20-30(28)45-35)23-11-14-27-26(19-23)22-41-34(42-27)25-13-16-29-31(21-25)46-36(44-29)33-10-8-18-48(33)38(50)52-40(4,5)6/h11-16,19-22,32-33H,7-10,17-18H2,1-6H3,(H,43,45)(H,44,46)/t32-,33-/m0/s1. The molecule has 0 bridgehead atoms. The van der Waals surface area contributed by atoms with E-state index in [-0.39, 0.29) is 24.3 Å². The summed E-state index contributed by atoms with van der Waals surface area (Å²) in [6.45, 7) is 12.6. The minimum absolute atomic E-state index is 0.143. The van der Waals surface area contributed by atoms with Gasteiger partial charge < -0.3 is 19.4 Å². The van der Waals surface area contributed by atoms with Gasteiger partial charge in [-0.15, -0.1) is 0 Å². The molecular formula is C40H44N8O4. The van der Waals surface area contributed by atoms with Crippen LogP contribution >= 0.6 is 0 Å². The summed E-state index contributed by atoms with van der Waals surface area (Å²) in [5.74, 6) is 2.15. The number of carbonyl (C=O) groups is 2. The third-order valence-electron chi connectivity index (χ3n) is 9.57. The van der Waals surface area contributed by atoms with Crippen molar-refractivity contribution in [3.63, 3.8) is 0 Å². The first-order valence-electron chi connectivity index (χ1n) is 18.0. The number of nitrogens with one attached hydrogen (secondary N) is 2. The topological polar surface area (TPSA) is 142 Å². The fourth-order valence-corrected chi connectivity index (χ4v) is 7.22. The monoisotopic (exact) mass is 700 g/mol. The molecule has 2 aliphatic heterocycles. The minimum atomic E-state index is -0.558. The van der Waals surface area contributed by atoms with E-state index in [9.17, 15) is 9.59 Å².